The summed E-state index contributed by atoms with van der Waals surface area (Å²) in [5, 5.41) is 3.03. The normalized spacial score (nSPS) is 12.2. The fourth-order valence-corrected chi connectivity index (χ4v) is 2.84. The zero-order valence-corrected chi connectivity index (χ0v) is 14.3. The van der Waals surface area contributed by atoms with Crippen molar-refractivity contribution in [1.82, 2.24) is 14.7 Å². The summed E-state index contributed by atoms with van der Waals surface area (Å²) in [6, 6.07) is 11.4. The van der Waals surface area contributed by atoms with Crippen molar-refractivity contribution in [1.29, 1.82) is 0 Å². The Kier molecular flexibility index (Phi) is 4.25. The van der Waals surface area contributed by atoms with Gasteiger partial charge in [0.1, 0.15) is 11.4 Å². The molecule has 0 unspecified atom stereocenters. The summed E-state index contributed by atoms with van der Waals surface area (Å²) in [7, 11) is 1.63. The Labute approximate surface area is 141 Å². The molecule has 0 radical (unpaired) electrons. The summed E-state index contributed by atoms with van der Waals surface area (Å²) in [4.78, 5) is 17.2. The Morgan fingerprint density at radius 1 is 1.25 bits per heavy atom. The zero-order valence-electron chi connectivity index (χ0n) is 14.3. The maximum Gasteiger partial charge on any atom is 0.255 e. The van der Waals surface area contributed by atoms with Crippen LogP contribution in [0, 0.1) is 13.8 Å². The number of ether oxygens (including phenoxy) is 1. The Hall–Kier alpha value is -2.82. The Balaban J connectivity index is 1.87. The minimum Gasteiger partial charge on any atom is -0.497 e. The number of methoxy groups -OCH3 is 1. The van der Waals surface area contributed by atoms with Gasteiger partial charge in [0.2, 0.25) is 0 Å². The number of rotatable bonds is 4. The molecule has 1 amide bonds. The third-order valence-electron chi connectivity index (χ3n) is 4.13. The van der Waals surface area contributed by atoms with Gasteiger partial charge in [-0.2, -0.15) is 0 Å². The van der Waals surface area contributed by atoms with E-state index in [1.54, 1.807) is 7.11 Å². The number of fused-ring (bicyclic) bond motifs is 1. The van der Waals surface area contributed by atoms with Crippen molar-refractivity contribution in [3.63, 3.8) is 0 Å². The van der Waals surface area contributed by atoms with Gasteiger partial charge in [-0.3, -0.25) is 4.79 Å². The topological polar surface area (TPSA) is 55.6 Å². The van der Waals surface area contributed by atoms with Crippen molar-refractivity contribution < 1.29 is 9.53 Å². The fourth-order valence-electron chi connectivity index (χ4n) is 2.84. The van der Waals surface area contributed by atoms with Gasteiger partial charge < -0.3 is 14.5 Å². The number of aromatic nitrogens is 2. The largest absolute Gasteiger partial charge is 0.497 e. The predicted molar refractivity (Wildman–Crippen MR) is 93.5 cm³/mol. The Morgan fingerprint density at radius 3 is 2.79 bits per heavy atom. The van der Waals surface area contributed by atoms with Crippen LogP contribution in [0.25, 0.3) is 5.65 Å². The highest BCUT2D eigenvalue weighted by Crippen LogP contribution is 2.20. The molecule has 0 aliphatic rings. The van der Waals surface area contributed by atoms with Gasteiger partial charge >= 0.3 is 0 Å². The minimum absolute atomic E-state index is 0.131. The van der Waals surface area contributed by atoms with Crippen LogP contribution in [-0.4, -0.2) is 22.4 Å². The number of benzene rings is 1. The molecule has 3 rings (SSSR count). The van der Waals surface area contributed by atoms with E-state index in [1.165, 1.54) is 0 Å². The number of hydrogen-bond donors (Lipinski definition) is 1. The summed E-state index contributed by atoms with van der Waals surface area (Å²) in [5.74, 6) is 0.640. The molecule has 1 aromatic carbocycles. The first-order valence-corrected chi connectivity index (χ1v) is 7.89. The predicted octanol–water partition coefficient (Wildman–Crippen LogP) is 3.45. The van der Waals surface area contributed by atoms with E-state index in [4.69, 9.17) is 4.74 Å². The van der Waals surface area contributed by atoms with Gasteiger partial charge in [0.15, 0.2) is 0 Å². The molecule has 0 aliphatic heterocycles. The molecule has 5 heteroatoms. The molecule has 124 valence electrons. The molecule has 2 heterocycles. The molecular weight excluding hydrogens is 302 g/mol. The third-order valence-corrected chi connectivity index (χ3v) is 4.13. The van der Waals surface area contributed by atoms with Crippen LogP contribution in [-0.2, 0) is 0 Å². The SMILES string of the molecule is COc1cccc([C@H](C)NC(=O)c2ccn3c(C)cc(C)nc23)c1. The molecule has 0 fully saturated rings. The standard InChI is InChI=1S/C19H21N3O2/c1-12-10-13(2)22-9-8-17(18(22)20-12)19(23)21-14(3)15-6-5-7-16(11-15)24-4/h5-11,14H,1-4H3,(H,21,23)/t14-/m0/s1. The smallest absolute Gasteiger partial charge is 0.255 e. The van der Waals surface area contributed by atoms with Crippen LogP contribution >= 0.6 is 0 Å². The average Bonchev–Trinajstić information content (AvgIpc) is 2.99. The first kappa shape index (κ1) is 16.1. The van der Waals surface area contributed by atoms with Crippen molar-refractivity contribution in [2.45, 2.75) is 26.8 Å². The molecule has 0 bridgehead atoms. The molecule has 1 N–H and O–H groups in total. The van der Waals surface area contributed by atoms with E-state index in [2.05, 4.69) is 10.3 Å². The van der Waals surface area contributed by atoms with Crippen molar-refractivity contribution >= 4 is 11.6 Å². The number of carbonyl (C=O) groups excluding carboxylic acids is 1. The van der Waals surface area contributed by atoms with E-state index in [0.29, 0.717) is 11.2 Å². The Bertz CT molecular complexity index is 899. The number of nitrogens with one attached hydrogen (secondary N) is 1. The second kappa shape index (κ2) is 6.35. The summed E-state index contributed by atoms with van der Waals surface area (Å²) < 4.78 is 7.17. The maximum absolute atomic E-state index is 12.7. The van der Waals surface area contributed by atoms with Gasteiger partial charge in [-0.15, -0.1) is 0 Å². The first-order valence-electron chi connectivity index (χ1n) is 7.89. The van der Waals surface area contributed by atoms with E-state index >= 15 is 0 Å². The van der Waals surface area contributed by atoms with Gasteiger partial charge in [-0.1, -0.05) is 12.1 Å². The lowest BCUT2D eigenvalue weighted by Crippen LogP contribution is -2.26. The zero-order chi connectivity index (χ0) is 17.3. The third kappa shape index (κ3) is 2.97. The highest BCUT2D eigenvalue weighted by molar-refractivity contribution is 6.00. The van der Waals surface area contributed by atoms with Crippen LogP contribution in [0.3, 0.4) is 0 Å². The van der Waals surface area contributed by atoms with Crippen LogP contribution in [0.1, 0.15) is 40.3 Å². The number of hydrogen-bond acceptors (Lipinski definition) is 3. The van der Waals surface area contributed by atoms with Gasteiger partial charge in [-0.05, 0) is 50.6 Å². The first-order chi connectivity index (χ1) is 11.5. The van der Waals surface area contributed by atoms with Crippen molar-refractivity contribution in [2.24, 2.45) is 0 Å². The highest BCUT2D eigenvalue weighted by atomic mass is 16.5. The fraction of sp³-hybridized carbons (Fsp3) is 0.263. The van der Waals surface area contributed by atoms with Crippen LogP contribution in [0.15, 0.2) is 42.6 Å². The second-order valence-electron chi connectivity index (χ2n) is 5.93. The van der Waals surface area contributed by atoms with E-state index in [1.807, 2.05) is 67.8 Å². The number of aryl methyl sites for hydroxylation is 2. The molecule has 0 saturated carbocycles. The molecular formula is C19H21N3O2. The summed E-state index contributed by atoms with van der Waals surface area (Å²) in [6.07, 6.45) is 1.88. The molecule has 24 heavy (non-hydrogen) atoms. The quantitative estimate of drug-likeness (QED) is 0.800. The lowest BCUT2D eigenvalue weighted by molar-refractivity contribution is 0.0941. The number of amides is 1. The van der Waals surface area contributed by atoms with E-state index in [0.717, 1.165) is 22.7 Å². The van der Waals surface area contributed by atoms with Crippen LogP contribution in [0.2, 0.25) is 0 Å². The highest BCUT2D eigenvalue weighted by Gasteiger charge is 2.17. The molecule has 5 nitrogen and oxygen atoms in total. The molecule has 0 saturated heterocycles. The molecule has 1 atom stereocenters. The number of nitrogens with zero attached hydrogens (tertiary/aromatic N) is 2. The average molecular weight is 323 g/mol. The molecule has 0 aliphatic carbocycles. The summed E-state index contributed by atoms with van der Waals surface area (Å²) >= 11 is 0. The van der Waals surface area contributed by atoms with Crippen molar-refractivity contribution in [3.8, 4) is 5.75 Å². The lowest BCUT2D eigenvalue weighted by Gasteiger charge is -2.15. The van der Waals surface area contributed by atoms with Crippen LogP contribution < -0.4 is 10.1 Å². The molecule has 2 aromatic heterocycles. The molecule has 0 spiro atoms. The summed E-state index contributed by atoms with van der Waals surface area (Å²) in [5.41, 5.74) is 4.21. The van der Waals surface area contributed by atoms with E-state index in [-0.39, 0.29) is 11.9 Å². The van der Waals surface area contributed by atoms with Crippen molar-refractivity contribution in [2.75, 3.05) is 7.11 Å². The van der Waals surface area contributed by atoms with Gasteiger partial charge in [-0.25, -0.2) is 4.98 Å². The molecule has 3 aromatic rings. The van der Waals surface area contributed by atoms with E-state index < -0.39 is 0 Å². The van der Waals surface area contributed by atoms with Crippen LogP contribution in [0.4, 0.5) is 0 Å². The summed E-state index contributed by atoms with van der Waals surface area (Å²) in [6.45, 7) is 5.89. The van der Waals surface area contributed by atoms with E-state index in [9.17, 15) is 4.79 Å². The van der Waals surface area contributed by atoms with Crippen molar-refractivity contribution in [3.05, 3.63) is 65.1 Å². The Morgan fingerprint density at radius 2 is 2.04 bits per heavy atom. The van der Waals surface area contributed by atoms with Gasteiger partial charge in [0.05, 0.1) is 18.7 Å². The van der Waals surface area contributed by atoms with Gasteiger partial charge in [0, 0.05) is 17.6 Å². The monoisotopic (exact) mass is 323 g/mol. The second-order valence-corrected chi connectivity index (χ2v) is 5.93. The maximum atomic E-state index is 12.7. The van der Waals surface area contributed by atoms with Crippen LogP contribution in [0.5, 0.6) is 5.75 Å². The van der Waals surface area contributed by atoms with Gasteiger partial charge in [0.25, 0.3) is 5.91 Å². The lowest BCUT2D eigenvalue weighted by atomic mass is 10.1. The minimum atomic E-state index is -0.134. The number of carbonyl (C=O) groups is 1.